The van der Waals surface area contributed by atoms with Crippen LogP contribution >= 0.6 is 0 Å². The minimum atomic E-state index is 1.09. The fourth-order valence-electron chi connectivity index (χ4n) is 0.500. The van der Waals surface area contributed by atoms with Crippen LogP contribution in [0.1, 0.15) is 27.7 Å². The van der Waals surface area contributed by atoms with Crippen molar-refractivity contribution in [2.75, 3.05) is 40.3 Å². The molecular formula is C10H29N3. The molecule has 0 fully saturated rings. The maximum atomic E-state index is 3.11. The monoisotopic (exact) mass is 191 g/mol. The van der Waals surface area contributed by atoms with Gasteiger partial charge in [-0.1, -0.05) is 27.7 Å². The van der Waals surface area contributed by atoms with Gasteiger partial charge in [-0.3, -0.25) is 0 Å². The number of rotatable bonds is 4. The average molecular weight is 191 g/mol. The van der Waals surface area contributed by atoms with Crippen LogP contribution in [0.25, 0.3) is 0 Å². The van der Waals surface area contributed by atoms with Gasteiger partial charge in [-0.25, -0.2) is 0 Å². The number of hydrogen-bond donors (Lipinski definition) is 3. The Labute approximate surface area is 84.7 Å². The summed E-state index contributed by atoms with van der Waals surface area (Å²) >= 11 is 0. The summed E-state index contributed by atoms with van der Waals surface area (Å²) in [6, 6.07) is 0. The van der Waals surface area contributed by atoms with Crippen LogP contribution in [0.2, 0.25) is 0 Å². The molecule has 0 aromatic rings. The number of nitrogens with one attached hydrogen (secondary N) is 3. The zero-order valence-corrected chi connectivity index (χ0v) is 10.3. The smallest absolute Gasteiger partial charge is 0.00775 e. The molecule has 0 aromatic carbocycles. The number of hydrogen-bond acceptors (Lipinski definition) is 3. The Kier molecular flexibility index (Phi) is 42.6. The summed E-state index contributed by atoms with van der Waals surface area (Å²) < 4.78 is 0. The van der Waals surface area contributed by atoms with Crippen molar-refractivity contribution in [1.82, 2.24) is 16.0 Å². The Morgan fingerprint density at radius 1 is 0.615 bits per heavy atom. The van der Waals surface area contributed by atoms with Crippen LogP contribution < -0.4 is 16.0 Å². The Bertz CT molecular complexity index is 39.4. The zero-order chi connectivity index (χ0) is 10.9. The van der Waals surface area contributed by atoms with Crippen molar-refractivity contribution in [2.24, 2.45) is 0 Å². The standard InChI is InChI=1S/2C4H11N.C2H7N/c2*1-3-5-4-2;1-3-2/h2*5H,3-4H2,1-2H3;3H,1-2H3. The fourth-order valence-corrected chi connectivity index (χ4v) is 0.500. The van der Waals surface area contributed by atoms with Crippen molar-refractivity contribution in [3.05, 3.63) is 0 Å². The first-order valence-electron chi connectivity index (χ1n) is 5.24. The molecule has 0 atom stereocenters. The van der Waals surface area contributed by atoms with E-state index in [2.05, 4.69) is 43.6 Å². The third kappa shape index (κ3) is 77.0. The molecule has 0 radical (unpaired) electrons. The first-order valence-corrected chi connectivity index (χ1v) is 5.24. The molecule has 3 nitrogen and oxygen atoms in total. The van der Waals surface area contributed by atoms with E-state index < -0.39 is 0 Å². The summed E-state index contributed by atoms with van der Waals surface area (Å²) in [5.74, 6) is 0. The van der Waals surface area contributed by atoms with Crippen LogP contribution in [0.4, 0.5) is 0 Å². The van der Waals surface area contributed by atoms with E-state index in [0.29, 0.717) is 0 Å². The third-order valence-electron chi connectivity index (χ3n) is 1.000. The van der Waals surface area contributed by atoms with Gasteiger partial charge in [0, 0.05) is 0 Å². The van der Waals surface area contributed by atoms with Gasteiger partial charge in [0.1, 0.15) is 0 Å². The van der Waals surface area contributed by atoms with Gasteiger partial charge in [0.15, 0.2) is 0 Å². The van der Waals surface area contributed by atoms with Crippen molar-refractivity contribution < 1.29 is 0 Å². The quantitative estimate of drug-likeness (QED) is 0.622. The van der Waals surface area contributed by atoms with Crippen molar-refractivity contribution in [3.8, 4) is 0 Å². The molecule has 0 saturated heterocycles. The van der Waals surface area contributed by atoms with E-state index in [4.69, 9.17) is 0 Å². The maximum Gasteiger partial charge on any atom is -0.00775 e. The molecule has 0 unspecified atom stereocenters. The lowest BCUT2D eigenvalue weighted by Gasteiger charge is -1.86. The van der Waals surface area contributed by atoms with Crippen molar-refractivity contribution in [3.63, 3.8) is 0 Å². The average Bonchev–Trinajstić information content (AvgIpc) is 2.09. The summed E-state index contributed by atoms with van der Waals surface area (Å²) in [5.41, 5.74) is 0. The maximum absolute atomic E-state index is 3.11. The molecule has 0 heterocycles. The highest BCUT2D eigenvalue weighted by molar-refractivity contribution is 4.28. The van der Waals surface area contributed by atoms with E-state index in [0.717, 1.165) is 26.2 Å². The second kappa shape index (κ2) is 29.7. The lowest BCUT2D eigenvalue weighted by molar-refractivity contribution is 0.762. The van der Waals surface area contributed by atoms with E-state index in [9.17, 15) is 0 Å². The van der Waals surface area contributed by atoms with Crippen molar-refractivity contribution in [1.29, 1.82) is 0 Å². The second-order valence-corrected chi connectivity index (χ2v) is 2.41. The highest BCUT2D eigenvalue weighted by atomic mass is 14.8. The molecule has 3 N–H and O–H groups in total. The van der Waals surface area contributed by atoms with Gasteiger partial charge in [0.05, 0.1) is 0 Å². The molecule has 0 aliphatic rings. The summed E-state index contributed by atoms with van der Waals surface area (Å²) in [6.07, 6.45) is 0. The van der Waals surface area contributed by atoms with Gasteiger partial charge in [0.2, 0.25) is 0 Å². The predicted octanol–water partition coefficient (Wildman–Crippen LogP) is 1.07. The Balaban J connectivity index is -0.000000120. The summed E-state index contributed by atoms with van der Waals surface area (Å²) in [7, 11) is 3.75. The lowest BCUT2D eigenvalue weighted by atomic mass is 10.7. The zero-order valence-electron chi connectivity index (χ0n) is 10.3. The molecule has 0 spiro atoms. The normalized spacial score (nSPS) is 7.85. The van der Waals surface area contributed by atoms with Crippen LogP contribution in [0.5, 0.6) is 0 Å². The van der Waals surface area contributed by atoms with Crippen LogP contribution in [0, 0.1) is 0 Å². The van der Waals surface area contributed by atoms with Crippen molar-refractivity contribution >= 4 is 0 Å². The molecule has 0 amide bonds. The van der Waals surface area contributed by atoms with E-state index in [1.54, 1.807) is 0 Å². The molecule has 0 aromatic heterocycles. The summed E-state index contributed by atoms with van der Waals surface area (Å²) in [6.45, 7) is 12.8. The third-order valence-corrected chi connectivity index (χ3v) is 1.000. The van der Waals surface area contributed by atoms with E-state index in [1.807, 2.05) is 14.1 Å². The van der Waals surface area contributed by atoms with E-state index in [1.165, 1.54) is 0 Å². The molecule has 0 aliphatic carbocycles. The highest BCUT2D eigenvalue weighted by Gasteiger charge is 1.63. The van der Waals surface area contributed by atoms with E-state index >= 15 is 0 Å². The van der Waals surface area contributed by atoms with Gasteiger partial charge >= 0.3 is 0 Å². The second-order valence-electron chi connectivity index (χ2n) is 2.41. The van der Waals surface area contributed by atoms with Crippen LogP contribution in [0.15, 0.2) is 0 Å². The molecule has 0 saturated carbocycles. The van der Waals surface area contributed by atoms with Crippen molar-refractivity contribution in [2.45, 2.75) is 27.7 Å². The van der Waals surface area contributed by atoms with Gasteiger partial charge in [-0.2, -0.15) is 0 Å². The lowest BCUT2D eigenvalue weighted by Crippen LogP contribution is -2.09. The van der Waals surface area contributed by atoms with Gasteiger partial charge in [-0.05, 0) is 40.3 Å². The van der Waals surface area contributed by atoms with Gasteiger partial charge in [0.25, 0.3) is 0 Å². The molecule has 84 valence electrons. The first kappa shape index (κ1) is 18.6. The Hall–Kier alpha value is -0.120. The predicted molar refractivity (Wildman–Crippen MR) is 63.4 cm³/mol. The van der Waals surface area contributed by atoms with Gasteiger partial charge in [-0.15, -0.1) is 0 Å². The van der Waals surface area contributed by atoms with E-state index in [-0.39, 0.29) is 0 Å². The van der Waals surface area contributed by atoms with Crippen LogP contribution in [0.3, 0.4) is 0 Å². The fraction of sp³-hybridized carbons (Fsp3) is 1.00. The highest BCUT2D eigenvalue weighted by Crippen LogP contribution is 1.48. The SMILES string of the molecule is CCNCC.CCNCC.CNC. The Morgan fingerprint density at radius 3 is 0.769 bits per heavy atom. The molecule has 0 bridgehead atoms. The van der Waals surface area contributed by atoms with Crippen LogP contribution in [-0.2, 0) is 0 Å². The molecule has 3 heteroatoms. The minimum Gasteiger partial charge on any atom is -0.323 e. The summed E-state index contributed by atoms with van der Waals surface area (Å²) in [4.78, 5) is 0. The van der Waals surface area contributed by atoms with Gasteiger partial charge < -0.3 is 16.0 Å². The van der Waals surface area contributed by atoms with Crippen LogP contribution in [-0.4, -0.2) is 40.3 Å². The summed E-state index contributed by atoms with van der Waals surface area (Å²) in [5, 5.41) is 8.97. The molecule has 0 rings (SSSR count). The minimum absolute atomic E-state index is 1.09. The largest absolute Gasteiger partial charge is 0.323 e. The first-order chi connectivity index (χ1) is 6.24. The molecule has 13 heavy (non-hydrogen) atoms. The Morgan fingerprint density at radius 2 is 0.769 bits per heavy atom. The molecular weight excluding hydrogens is 162 g/mol. The topological polar surface area (TPSA) is 36.1 Å². The molecule has 0 aliphatic heterocycles.